The zero-order chi connectivity index (χ0) is 19.0. The molecule has 134 valence electrons. The highest BCUT2D eigenvalue weighted by atomic mass is 16.6. The minimum atomic E-state index is -0.611. The SMILES string of the molecule is Cc1cccc(NC(=O)c2ccc3nc(-c4ccc([N+](=O)[O-])o4)[nH]c3c2)c1. The van der Waals surface area contributed by atoms with E-state index in [0.29, 0.717) is 28.1 Å². The van der Waals surface area contributed by atoms with E-state index in [-0.39, 0.29) is 17.6 Å². The van der Waals surface area contributed by atoms with Crippen molar-refractivity contribution in [1.82, 2.24) is 9.97 Å². The lowest BCUT2D eigenvalue weighted by atomic mass is 10.1. The highest BCUT2D eigenvalue weighted by Crippen LogP contribution is 2.26. The van der Waals surface area contributed by atoms with Crippen molar-refractivity contribution in [3.63, 3.8) is 0 Å². The molecule has 4 aromatic rings. The first-order valence-corrected chi connectivity index (χ1v) is 8.12. The number of aromatic nitrogens is 2. The molecular formula is C19H14N4O4. The lowest BCUT2D eigenvalue weighted by Crippen LogP contribution is -2.11. The number of carbonyl (C=O) groups excluding carboxylic acids is 1. The summed E-state index contributed by atoms with van der Waals surface area (Å²) in [5.41, 5.74) is 3.48. The number of aryl methyl sites for hydroxylation is 1. The van der Waals surface area contributed by atoms with Gasteiger partial charge < -0.3 is 14.7 Å². The Labute approximate surface area is 153 Å². The number of fused-ring (bicyclic) bond motifs is 1. The van der Waals surface area contributed by atoms with Crippen molar-refractivity contribution < 1.29 is 14.1 Å². The molecule has 0 bridgehead atoms. The van der Waals surface area contributed by atoms with Gasteiger partial charge in [-0.15, -0.1) is 0 Å². The maximum absolute atomic E-state index is 12.5. The molecule has 8 heteroatoms. The van der Waals surface area contributed by atoms with E-state index in [2.05, 4.69) is 15.3 Å². The van der Waals surface area contributed by atoms with Crippen LogP contribution in [0.5, 0.6) is 0 Å². The molecule has 2 heterocycles. The lowest BCUT2D eigenvalue weighted by Gasteiger charge is -2.06. The summed E-state index contributed by atoms with van der Waals surface area (Å²) < 4.78 is 5.16. The van der Waals surface area contributed by atoms with Crippen LogP contribution in [-0.2, 0) is 0 Å². The molecule has 2 N–H and O–H groups in total. The summed E-state index contributed by atoms with van der Waals surface area (Å²) in [7, 11) is 0. The highest BCUT2D eigenvalue weighted by Gasteiger charge is 2.16. The minimum absolute atomic E-state index is 0.243. The maximum atomic E-state index is 12.5. The largest absolute Gasteiger partial charge is 0.433 e. The van der Waals surface area contributed by atoms with Crippen LogP contribution < -0.4 is 5.32 Å². The van der Waals surface area contributed by atoms with Gasteiger partial charge >= 0.3 is 5.88 Å². The number of hydrogen-bond donors (Lipinski definition) is 2. The summed E-state index contributed by atoms with van der Waals surface area (Å²) in [6, 6.07) is 15.3. The summed E-state index contributed by atoms with van der Waals surface area (Å²) in [4.78, 5) is 30.0. The van der Waals surface area contributed by atoms with E-state index in [1.807, 2.05) is 31.2 Å². The molecule has 0 radical (unpaired) electrons. The molecule has 2 aromatic heterocycles. The molecular weight excluding hydrogens is 348 g/mol. The number of anilines is 1. The number of rotatable bonds is 4. The number of nitro groups is 1. The van der Waals surface area contributed by atoms with Gasteiger partial charge in [-0.05, 0) is 48.9 Å². The number of nitrogens with one attached hydrogen (secondary N) is 2. The van der Waals surface area contributed by atoms with Gasteiger partial charge in [0.2, 0.25) is 0 Å². The fraction of sp³-hybridized carbons (Fsp3) is 0.0526. The van der Waals surface area contributed by atoms with Crippen LogP contribution in [0.2, 0.25) is 0 Å². The summed E-state index contributed by atoms with van der Waals surface area (Å²) in [5.74, 6) is 0.00830. The van der Waals surface area contributed by atoms with Crippen molar-refractivity contribution >= 4 is 28.5 Å². The molecule has 0 atom stereocenters. The fourth-order valence-corrected chi connectivity index (χ4v) is 2.75. The van der Waals surface area contributed by atoms with E-state index in [1.165, 1.54) is 12.1 Å². The molecule has 0 fully saturated rings. The van der Waals surface area contributed by atoms with E-state index in [9.17, 15) is 14.9 Å². The number of benzene rings is 2. The van der Waals surface area contributed by atoms with Gasteiger partial charge in [-0.2, -0.15) is 0 Å². The third-order valence-electron chi connectivity index (χ3n) is 4.03. The van der Waals surface area contributed by atoms with Crippen LogP contribution in [0.25, 0.3) is 22.6 Å². The average molecular weight is 362 g/mol. The predicted molar refractivity (Wildman–Crippen MR) is 99.6 cm³/mol. The van der Waals surface area contributed by atoms with Gasteiger partial charge in [-0.25, -0.2) is 4.98 Å². The Balaban J connectivity index is 1.62. The molecule has 0 aliphatic rings. The number of hydrogen-bond acceptors (Lipinski definition) is 5. The molecule has 2 aromatic carbocycles. The van der Waals surface area contributed by atoms with E-state index >= 15 is 0 Å². The number of amides is 1. The topological polar surface area (TPSA) is 114 Å². The Kier molecular flexibility index (Phi) is 3.92. The first-order valence-electron chi connectivity index (χ1n) is 8.12. The third kappa shape index (κ3) is 3.28. The number of nitrogens with zero attached hydrogens (tertiary/aromatic N) is 2. The molecule has 27 heavy (non-hydrogen) atoms. The van der Waals surface area contributed by atoms with Gasteiger partial charge in [-0.1, -0.05) is 12.1 Å². The quantitative estimate of drug-likeness (QED) is 0.415. The second kappa shape index (κ2) is 6.41. The van der Waals surface area contributed by atoms with Crippen molar-refractivity contribution in [2.75, 3.05) is 5.32 Å². The molecule has 0 unspecified atom stereocenters. The zero-order valence-corrected chi connectivity index (χ0v) is 14.2. The van der Waals surface area contributed by atoms with E-state index < -0.39 is 4.92 Å². The lowest BCUT2D eigenvalue weighted by molar-refractivity contribution is -0.401. The standard InChI is InChI=1S/C19H14N4O4/c1-11-3-2-4-13(9-11)20-19(24)12-5-6-14-15(10-12)22-18(21-14)16-7-8-17(27-16)23(25)26/h2-10H,1H3,(H,20,24)(H,21,22). The van der Waals surface area contributed by atoms with Crippen LogP contribution in [-0.4, -0.2) is 20.8 Å². The second-order valence-corrected chi connectivity index (χ2v) is 6.04. The average Bonchev–Trinajstić information content (AvgIpc) is 3.28. The van der Waals surface area contributed by atoms with E-state index in [0.717, 1.165) is 5.56 Å². The molecule has 4 rings (SSSR count). The first kappa shape index (κ1) is 16.5. The molecule has 1 amide bonds. The van der Waals surface area contributed by atoms with Crippen molar-refractivity contribution in [2.24, 2.45) is 0 Å². The molecule has 0 aliphatic carbocycles. The van der Waals surface area contributed by atoms with Crippen LogP contribution in [0.15, 0.2) is 59.0 Å². The Bertz CT molecular complexity index is 1180. The van der Waals surface area contributed by atoms with Crippen molar-refractivity contribution in [3.05, 3.63) is 75.8 Å². The normalized spacial score (nSPS) is 10.9. The minimum Gasteiger partial charge on any atom is -0.397 e. The second-order valence-electron chi connectivity index (χ2n) is 6.04. The molecule has 0 saturated heterocycles. The van der Waals surface area contributed by atoms with Crippen LogP contribution in [0.1, 0.15) is 15.9 Å². The zero-order valence-electron chi connectivity index (χ0n) is 14.2. The summed E-state index contributed by atoms with van der Waals surface area (Å²) in [5, 5.41) is 13.6. The highest BCUT2D eigenvalue weighted by molar-refractivity contribution is 6.06. The number of furan rings is 1. The number of imidazole rings is 1. The Morgan fingerprint density at radius 2 is 2.04 bits per heavy atom. The van der Waals surface area contributed by atoms with E-state index in [1.54, 1.807) is 18.2 Å². The van der Waals surface area contributed by atoms with Crippen molar-refractivity contribution in [1.29, 1.82) is 0 Å². The van der Waals surface area contributed by atoms with Gasteiger partial charge in [0, 0.05) is 11.3 Å². The number of aromatic amines is 1. The summed E-state index contributed by atoms with van der Waals surface area (Å²) in [6.07, 6.45) is 0. The number of H-pyrrole nitrogens is 1. The monoisotopic (exact) mass is 362 g/mol. The fourth-order valence-electron chi connectivity index (χ4n) is 2.75. The van der Waals surface area contributed by atoms with Crippen LogP contribution >= 0.6 is 0 Å². The van der Waals surface area contributed by atoms with Crippen molar-refractivity contribution in [3.8, 4) is 11.6 Å². The van der Waals surface area contributed by atoms with E-state index in [4.69, 9.17) is 4.42 Å². The van der Waals surface area contributed by atoms with Gasteiger partial charge in [0.05, 0.1) is 17.1 Å². The Morgan fingerprint density at radius 3 is 2.78 bits per heavy atom. The maximum Gasteiger partial charge on any atom is 0.433 e. The number of carbonyl (C=O) groups is 1. The van der Waals surface area contributed by atoms with Gasteiger partial charge in [0.15, 0.2) is 11.6 Å². The summed E-state index contributed by atoms with van der Waals surface area (Å²) in [6.45, 7) is 1.95. The Hall–Kier alpha value is -3.94. The van der Waals surface area contributed by atoms with Gasteiger partial charge in [0.25, 0.3) is 5.91 Å². The summed E-state index contributed by atoms with van der Waals surface area (Å²) >= 11 is 0. The smallest absolute Gasteiger partial charge is 0.397 e. The molecule has 8 nitrogen and oxygen atoms in total. The molecule has 0 aliphatic heterocycles. The third-order valence-corrected chi connectivity index (χ3v) is 4.03. The van der Waals surface area contributed by atoms with Crippen LogP contribution in [0, 0.1) is 17.0 Å². The predicted octanol–water partition coefficient (Wildman–Crippen LogP) is 4.29. The van der Waals surface area contributed by atoms with Crippen LogP contribution in [0.3, 0.4) is 0 Å². The van der Waals surface area contributed by atoms with Gasteiger partial charge in [-0.3, -0.25) is 14.9 Å². The van der Waals surface area contributed by atoms with Crippen LogP contribution in [0.4, 0.5) is 11.6 Å². The molecule has 0 saturated carbocycles. The first-order chi connectivity index (χ1) is 13.0. The molecule has 0 spiro atoms. The Morgan fingerprint density at radius 1 is 1.19 bits per heavy atom. The van der Waals surface area contributed by atoms with Gasteiger partial charge in [0.1, 0.15) is 4.92 Å². The van der Waals surface area contributed by atoms with Crippen molar-refractivity contribution in [2.45, 2.75) is 6.92 Å².